The summed E-state index contributed by atoms with van der Waals surface area (Å²) in [4.78, 5) is 9.37. The maximum atomic E-state index is 6.91. The van der Waals surface area contributed by atoms with E-state index >= 15 is 0 Å². The molecule has 0 bridgehead atoms. The highest BCUT2D eigenvalue weighted by atomic mass is 16.7. The van der Waals surface area contributed by atoms with Gasteiger partial charge in [-0.15, -0.1) is 5.06 Å². The van der Waals surface area contributed by atoms with Crippen molar-refractivity contribution in [3.05, 3.63) is 125 Å². The van der Waals surface area contributed by atoms with E-state index in [0.29, 0.717) is 0 Å². The third-order valence-electron chi connectivity index (χ3n) is 7.68. The predicted molar refractivity (Wildman–Crippen MR) is 139 cm³/mol. The number of nitrogens with zero attached hydrogens (tertiary/aromatic N) is 2. The van der Waals surface area contributed by atoms with Crippen molar-refractivity contribution < 1.29 is 14.3 Å². The van der Waals surface area contributed by atoms with Gasteiger partial charge in [0.25, 0.3) is 0 Å². The van der Waals surface area contributed by atoms with Crippen LogP contribution in [0.4, 0.5) is 5.69 Å². The number of rotatable bonds is 4. The van der Waals surface area contributed by atoms with Crippen molar-refractivity contribution in [3.63, 3.8) is 0 Å². The van der Waals surface area contributed by atoms with Gasteiger partial charge in [-0.05, 0) is 47.9 Å². The first-order valence-electron chi connectivity index (χ1n) is 12.5. The van der Waals surface area contributed by atoms with Gasteiger partial charge in [0.05, 0.1) is 5.54 Å². The molecule has 4 aromatic rings. The van der Waals surface area contributed by atoms with E-state index in [1.165, 1.54) is 22.4 Å². The van der Waals surface area contributed by atoms with Crippen LogP contribution >= 0.6 is 0 Å². The number of hydrogen-bond donors (Lipinski definition) is 0. The van der Waals surface area contributed by atoms with Crippen molar-refractivity contribution >= 4 is 5.69 Å². The van der Waals surface area contributed by atoms with Gasteiger partial charge in [0.1, 0.15) is 12.3 Å². The lowest BCUT2D eigenvalue weighted by molar-refractivity contribution is -0.198. The van der Waals surface area contributed by atoms with Crippen LogP contribution in [-0.4, -0.2) is 18.4 Å². The molecule has 0 aromatic heterocycles. The second kappa shape index (κ2) is 8.40. The average Bonchev–Trinajstić information content (AvgIpc) is 3.62. The third kappa shape index (κ3) is 3.39. The monoisotopic (exact) mass is 476 g/mol. The molecule has 0 spiro atoms. The largest absolute Gasteiger partial charge is 0.454 e. The fourth-order valence-corrected chi connectivity index (χ4v) is 5.88. The van der Waals surface area contributed by atoms with Crippen LogP contribution < -0.4 is 14.4 Å². The summed E-state index contributed by atoms with van der Waals surface area (Å²) in [5, 5.41) is 2.25. The minimum absolute atomic E-state index is 0.0249. The minimum atomic E-state index is -0.312. The van der Waals surface area contributed by atoms with E-state index in [1.54, 1.807) is 0 Å². The van der Waals surface area contributed by atoms with Crippen molar-refractivity contribution in [1.82, 2.24) is 5.06 Å². The van der Waals surface area contributed by atoms with Crippen LogP contribution in [0.3, 0.4) is 0 Å². The molecule has 3 atom stereocenters. The number of ether oxygens (including phenoxy) is 2. The second-order valence-electron chi connectivity index (χ2n) is 9.88. The number of hydroxylamine groups is 2. The molecule has 0 radical (unpaired) electrons. The Balaban J connectivity index is 1.39. The fourth-order valence-electron chi connectivity index (χ4n) is 5.88. The lowest BCUT2D eigenvalue weighted by Gasteiger charge is -2.32. The van der Waals surface area contributed by atoms with E-state index in [4.69, 9.17) is 14.3 Å². The SMILES string of the molecule is Cc1ccc(N2C[C@]3(c4ccccc4)C[C@@H](c4ccccc4)ON3[C@@H]2c2ccc3c(c2)OCO3)cc1. The van der Waals surface area contributed by atoms with E-state index in [2.05, 4.69) is 114 Å². The van der Waals surface area contributed by atoms with Crippen molar-refractivity contribution in [1.29, 1.82) is 0 Å². The number of aryl methyl sites for hydroxylation is 1. The maximum Gasteiger partial charge on any atom is 0.231 e. The zero-order chi connectivity index (χ0) is 24.1. The van der Waals surface area contributed by atoms with Crippen LogP contribution in [-0.2, 0) is 10.4 Å². The molecular formula is C31H28N2O3. The van der Waals surface area contributed by atoms with Gasteiger partial charge >= 0.3 is 0 Å². The Morgan fingerprint density at radius 1 is 0.750 bits per heavy atom. The minimum Gasteiger partial charge on any atom is -0.454 e. The topological polar surface area (TPSA) is 34.2 Å². The van der Waals surface area contributed by atoms with Crippen molar-refractivity contribution in [3.8, 4) is 11.5 Å². The molecule has 0 amide bonds. The van der Waals surface area contributed by atoms with Crippen LogP contribution in [0, 0.1) is 6.92 Å². The smallest absolute Gasteiger partial charge is 0.231 e. The summed E-state index contributed by atoms with van der Waals surface area (Å²) in [7, 11) is 0. The van der Waals surface area contributed by atoms with Crippen LogP contribution in [0.5, 0.6) is 11.5 Å². The normalized spacial score (nSPS) is 24.8. The van der Waals surface area contributed by atoms with Gasteiger partial charge in [0.2, 0.25) is 6.79 Å². The van der Waals surface area contributed by atoms with Crippen LogP contribution in [0.2, 0.25) is 0 Å². The van der Waals surface area contributed by atoms with E-state index in [1.807, 2.05) is 6.07 Å². The predicted octanol–water partition coefficient (Wildman–Crippen LogP) is 6.52. The third-order valence-corrected chi connectivity index (χ3v) is 7.68. The molecule has 5 heteroatoms. The van der Waals surface area contributed by atoms with E-state index in [0.717, 1.165) is 30.0 Å². The standard InChI is InChI=1S/C31H28N2O3/c1-22-12-15-26(16-13-22)32-20-31(25-10-6-3-7-11-25)19-29(23-8-4-2-5-9-23)36-33(31)30(32)24-14-17-27-28(18-24)35-21-34-27/h2-18,29-30H,19-21H2,1H3/t29-,30+,31-/m0/s1. The van der Waals surface area contributed by atoms with Gasteiger partial charge < -0.3 is 14.4 Å². The lowest BCUT2D eigenvalue weighted by Crippen LogP contribution is -2.37. The first kappa shape index (κ1) is 21.5. The lowest BCUT2D eigenvalue weighted by atomic mass is 9.84. The molecule has 2 saturated heterocycles. The van der Waals surface area contributed by atoms with Gasteiger partial charge in [0, 0.05) is 18.7 Å². The van der Waals surface area contributed by atoms with Crippen molar-refractivity contribution in [2.24, 2.45) is 0 Å². The molecule has 0 saturated carbocycles. The van der Waals surface area contributed by atoms with Gasteiger partial charge in [0.15, 0.2) is 11.5 Å². The number of benzene rings is 4. The molecule has 3 heterocycles. The maximum absolute atomic E-state index is 6.91. The molecule has 0 N–H and O–H groups in total. The van der Waals surface area contributed by atoms with Crippen molar-refractivity contribution in [2.75, 3.05) is 18.2 Å². The van der Waals surface area contributed by atoms with Crippen LogP contribution in [0.25, 0.3) is 0 Å². The molecule has 36 heavy (non-hydrogen) atoms. The summed E-state index contributed by atoms with van der Waals surface area (Å²) in [6.07, 6.45) is 0.712. The van der Waals surface area contributed by atoms with E-state index < -0.39 is 0 Å². The molecule has 3 aliphatic heterocycles. The highest BCUT2D eigenvalue weighted by molar-refractivity contribution is 5.55. The molecule has 0 aliphatic carbocycles. The van der Waals surface area contributed by atoms with E-state index in [-0.39, 0.29) is 24.6 Å². The van der Waals surface area contributed by atoms with Crippen molar-refractivity contribution in [2.45, 2.75) is 31.2 Å². The van der Waals surface area contributed by atoms with Crippen LogP contribution in [0.15, 0.2) is 103 Å². The zero-order valence-electron chi connectivity index (χ0n) is 20.2. The molecule has 4 aromatic carbocycles. The molecule has 180 valence electrons. The number of fused-ring (bicyclic) bond motifs is 2. The quantitative estimate of drug-likeness (QED) is 0.335. The first-order valence-corrected chi connectivity index (χ1v) is 12.5. The van der Waals surface area contributed by atoms with Gasteiger partial charge in [-0.3, -0.25) is 4.84 Å². The highest BCUT2D eigenvalue weighted by Crippen LogP contribution is 2.57. The summed E-state index contributed by atoms with van der Waals surface area (Å²) in [5.41, 5.74) is 5.70. The zero-order valence-corrected chi connectivity index (χ0v) is 20.2. The second-order valence-corrected chi connectivity index (χ2v) is 9.88. The Bertz CT molecular complexity index is 1380. The fraction of sp³-hybridized carbons (Fsp3) is 0.226. The molecule has 3 aliphatic rings. The summed E-state index contributed by atoms with van der Waals surface area (Å²) < 4.78 is 11.4. The Morgan fingerprint density at radius 3 is 2.25 bits per heavy atom. The number of hydrogen-bond acceptors (Lipinski definition) is 5. The molecular weight excluding hydrogens is 448 g/mol. The Morgan fingerprint density at radius 2 is 1.47 bits per heavy atom. The molecule has 0 unspecified atom stereocenters. The first-order chi connectivity index (χ1) is 17.7. The highest BCUT2D eigenvalue weighted by Gasteiger charge is 2.59. The molecule has 5 nitrogen and oxygen atoms in total. The van der Waals surface area contributed by atoms with Crippen LogP contribution in [0.1, 0.15) is 40.9 Å². The summed E-state index contributed by atoms with van der Waals surface area (Å²) in [5.74, 6) is 1.57. The summed E-state index contributed by atoms with van der Waals surface area (Å²) in [6, 6.07) is 36.4. The number of anilines is 1. The summed E-state index contributed by atoms with van der Waals surface area (Å²) >= 11 is 0. The Labute approximate surface area is 211 Å². The Kier molecular flexibility index (Phi) is 5.01. The van der Waals surface area contributed by atoms with E-state index in [9.17, 15) is 0 Å². The van der Waals surface area contributed by atoms with Gasteiger partial charge in [-0.2, -0.15) is 0 Å². The summed E-state index contributed by atoms with van der Waals surface area (Å²) in [6.45, 7) is 3.19. The molecule has 7 rings (SSSR count). The van der Waals surface area contributed by atoms with Gasteiger partial charge in [-0.1, -0.05) is 84.4 Å². The molecule has 2 fully saturated rings. The van der Waals surface area contributed by atoms with Gasteiger partial charge in [-0.25, -0.2) is 0 Å². The average molecular weight is 477 g/mol. The Hall–Kier alpha value is -3.80.